The van der Waals surface area contributed by atoms with Crippen LogP contribution in [0.2, 0.25) is 0 Å². The maximum atomic E-state index is 2.48. The lowest BCUT2D eigenvalue weighted by molar-refractivity contribution is 0.112. The summed E-state index contributed by atoms with van der Waals surface area (Å²) >= 11 is 0. The number of rotatable bonds is 8. The minimum atomic E-state index is 0.463. The van der Waals surface area contributed by atoms with E-state index in [1.165, 1.54) is 19.3 Å². The third kappa shape index (κ3) is 5.33. The molecule has 0 saturated carbocycles. The van der Waals surface area contributed by atoms with Gasteiger partial charge in [-0.15, -0.1) is 0 Å². The molecule has 0 aliphatic carbocycles. The van der Waals surface area contributed by atoms with Crippen molar-refractivity contribution in [2.75, 3.05) is 0 Å². The van der Waals surface area contributed by atoms with Crippen LogP contribution in [0.4, 0.5) is 0 Å². The van der Waals surface area contributed by atoms with Gasteiger partial charge >= 0.3 is 0 Å². The average molecular weight is 255 g/mol. The molecule has 0 fully saturated rings. The summed E-state index contributed by atoms with van der Waals surface area (Å²) in [5, 5.41) is 0. The molecule has 0 aliphatic heterocycles. The van der Waals surface area contributed by atoms with Gasteiger partial charge < -0.3 is 0 Å². The molecule has 3 unspecified atom stereocenters. The van der Waals surface area contributed by atoms with Crippen LogP contribution in [0.15, 0.2) is 0 Å². The highest BCUT2D eigenvalue weighted by Crippen LogP contribution is 2.40. The van der Waals surface area contributed by atoms with E-state index in [1.807, 2.05) is 0 Å². The predicted octanol–water partition coefficient (Wildman–Crippen LogP) is 6.40. The molecule has 0 heterocycles. The SMILES string of the molecule is CCC(CC(C)C)C(C)CC(C)C(C)(C)C(C)C. The molecule has 0 aromatic heterocycles. The van der Waals surface area contributed by atoms with Crippen molar-refractivity contribution < 1.29 is 0 Å². The summed E-state index contributed by atoms with van der Waals surface area (Å²) in [4.78, 5) is 0. The molecule has 0 aliphatic rings. The molecule has 0 rings (SSSR count). The predicted molar refractivity (Wildman–Crippen MR) is 84.8 cm³/mol. The highest BCUT2D eigenvalue weighted by Gasteiger charge is 2.31. The van der Waals surface area contributed by atoms with Crippen LogP contribution in [0, 0.1) is 35.0 Å². The summed E-state index contributed by atoms with van der Waals surface area (Å²) in [5.74, 6) is 4.20. The minimum Gasteiger partial charge on any atom is -0.0651 e. The van der Waals surface area contributed by atoms with Gasteiger partial charge in [-0.25, -0.2) is 0 Å². The molecule has 0 spiro atoms. The summed E-state index contributed by atoms with van der Waals surface area (Å²) in [6, 6.07) is 0. The first-order chi connectivity index (χ1) is 8.12. The van der Waals surface area contributed by atoms with E-state index in [4.69, 9.17) is 0 Å². The molecule has 0 nitrogen and oxygen atoms in total. The highest BCUT2D eigenvalue weighted by atomic mass is 14.4. The van der Waals surface area contributed by atoms with E-state index >= 15 is 0 Å². The van der Waals surface area contributed by atoms with Crippen molar-refractivity contribution in [3.63, 3.8) is 0 Å². The van der Waals surface area contributed by atoms with Crippen molar-refractivity contribution in [2.45, 2.75) is 81.6 Å². The quantitative estimate of drug-likeness (QED) is 0.470. The molecule has 0 N–H and O–H groups in total. The van der Waals surface area contributed by atoms with E-state index in [2.05, 4.69) is 62.3 Å². The van der Waals surface area contributed by atoms with Crippen molar-refractivity contribution in [2.24, 2.45) is 35.0 Å². The first-order valence-electron chi connectivity index (χ1n) is 8.12. The number of hydrogen-bond donors (Lipinski definition) is 0. The van der Waals surface area contributed by atoms with Gasteiger partial charge in [-0.3, -0.25) is 0 Å². The molecular formula is C18H38. The summed E-state index contributed by atoms with van der Waals surface area (Å²) in [7, 11) is 0. The molecule has 0 aromatic carbocycles. The fourth-order valence-corrected chi connectivity index (χ4v) is 3.03. The molecule has 0 aromatic rings. The summed E-state index contributed by atoms with van der Waals surface area (Å²) < 4.78 is 0. The van der Waals surface area contributed by atoms with Gasteiger partial charge in [-0.2, -0.15) is 0 Å². The molecule has 110 valence electrons. The lowest BCUT2D eigenvalue weighted by atomic mass is 9.67. The maximum absolute atomic E-state index is 2.48. The molecule has 0 radical (unpaired) electrons. The van der Waals surface area contributed by atoms with Gasteiger partial charge in [0.25, 0.3) is 0 Å². The Kier molecular flexibility index (Phi) is 7.56. The van der Waals surface area contributed by atoms with Crippen LogP contribution in [0.1, 0.15) is 81.6 Å². The molecule has 0 saturated heterocycles. The van der Waals surface area contributed by atoms with Crippen molar-refractivity contribution in [3.8, 4) is 0 Å². The van der Waals surface area contributed by atoms with Crippen LogP contribution in [-0.2, 0) is 0 Å². The van der Waals surface area contributed by atoms with E-state index < -0.39 is 0 Å². The van der Waals surface area contributed by atoms with Crippen LogP contribution in [0.3, 0.4) is 0 Å². The summed E-state index contributed by atoms with van der Waals surface area (Å²) in [6.45, 7) is 21.6. The maximum Gasteiger partial charge on any atom is -0.0305 e. The molecule has 0 bridgehead atoms. The molecule has 3 atom stereocenters. The second-order valence-corrected chi connectivity index (χ2v) is 7.89. The van der Waals surface area contributed by atoms with E-state index in [0.29, 0.717) is 5.41 Å². The summed E-state index contributed by atoms with van der Waals surface area (Å²) in [6.07, 6.45) is 4.12. The third-order valence-corrected chi connectivity index (χ3v) is 5.59. The molecule has 0 amide bonds. The van der Waals surface area contributed by atoms with Gasteiger partial charge in [-0.1, -0.05) is 68.7 Å². The zero-order valence-corrected chi connectivity index (χ0v) is 14.5. The first kappa shape index (κ1) is 18.0. The van der Waals surface area contributed by atoms with Crippen LogP contribution in [0.25, 0.3) is 0 Å². The van der Waals surface area contributed by atoms with Crippen LogP contribution in [0.5, 0.6) is 0 Å². The van der Waals surface area contributed by atoms with Crippen LogP contribution >= 0.6 is 0 Å². The third-order valence-electron chi connectivity index (χ3n) is 5.59. The molecule has 18 heavy (non-hydrogen) atoms. The Morgan fingerprint density at radius 3 is 1.67 bits per heavy atom. The second-order valence-electron chi connectivity index (χ2n) is 7.89. The fraction of sp³-hybridized carbons (Fsp3) is 1.00. The Hall–Kier alpha value is 0. The molecule has 0 heteroatoms. The smallest absolute Gasteiger partial charge is 0.0305 e. The Balaban J connectivity index is 4.49. The van der Waals surface area contributed by atoms with Gasteiger partial charge in [0.15, 0.2) is 0 Å². The minimum absolute atomic E-state index is 0.463. The van der Waals surface area contributed by atoms with E-state index in [0.717, 1.165) is 29.6 Å². The van der Waals surface area contributed by atoms with Gasteiger partial charge in [-0.05, 0) is 47.8 Å². The topological polar surface area (TPSA) is 0 Å². The summed E-state index contributed by atoms with van der Waals surface area (Å²) in [5.41, 5.74) is 0.463. The van der Waals surface area contributed by atoms with Crippen LogP contribution in [-0.4, -0.2) is 0 Å². The Morgan fingerprint density at radius 2 is 1.33 bits per heavy atom. The van der Waals surface area contributed by atoms with Crippen molar-refractivity contribution in [1.82, 2.24) is 0 Å². The van der Waals surface area contributed by atoms with Crippen molar-refractivity contribution in [3.05, 3.63) is 0 Å². The van der Waals surface area contributed by atoms with Gasteiger partial charge in [0.1, 0.15) is 0 Å². The molecular weight excluding hydrogens is 216 g/mol. The monoisotopic (exact) mass is 254 g/mol. The Bertz CT molecular complexity index is 212. The normalized spacial score (nSPS) is 18.2. The number of hydrogen-bond acceptors (Lipinski definition) is 0. The van der Waals surface area contributed by atoms with Gasteiger partial charge in [0.05, 0.1) is 0 Å². The lowest BCUT2D eigenvalue weighted by Crippen LogP contribution is -2.30. The van der Waals surface area contributed by atoms with E-state index in [9.17, 15) is 0 Å². The Morgan fingerprint density at radius 1 is 0.833 bits per heavy atom. The second kappa shape index (κ2) is 7.56. The van der Waals surface area contributed by atoms with E-state index in [-0.39, 0.29) is 0 Å². The lowest BCUT2D eigenvalue weighted by Gasteiger charge is -2.38. The zero-order valence-electron chi connectivity index (χ0n) is 14.5. The first-order valence-corrected chi connectivity index (χ1v) is 8.12. The Labute approximate surface area is 117 Å². The highest BCUT2D eigenvalue weighted by molar-refractivity contribution is 4.81. The largest absolute Gasteiger partial charge is 0.0651 e. The van der Waals surface area contributed by atoms with Gasteiger partial charge in [0.2, 0.25) is 0 Å². The standard InChI is InChI=1S/C18H38/c1-10-17(11-13(2)3)15(6)12-16(7)18(8,9)14(4)5/h13-17H,10-12H2,1-9H3. The average Bonchev–Trinajstić information content (AvgIpc) is 2.24. The fourth-order valence-electron chi connectivity index (χ4n) is 3.03. The van der Waals surface area contributed by atoms with Crippen molar-refractivity contribution >= 4 is 0 Å². The van der Waals surface area contributed by atoms with Crippen LogP contribution < -0.4 is 0 Å². The van der Waals surface area contributed by atoms with E-state index in [1.54, 1.807) is 0 Å². The van der Waals surface area contributed by atoms with Crippen molar-refractivity contribution in [1.29, 1.82) is 0 Å². The zero-order chi connectivity index (χ0) is 14.5. The van der Waals surface area contributed by atoms with Gasteiger partial charge in [0, 0.05) is 0 Å².